The van der Waals surface area contributed by atoms with Crippen LogP contribution in [0.4, 0.5) is 0 Å². The zero-order chi connectivity index (χ0) is 31.1. The highest BCUT2D eigenvalue weighted by Gasteiger charge is 2.12. The van der Waals surface area contributed by atoms with Crippen molar-refractivity contribution in [1.29, 1.82) is 0 Å². The van der Waals surface area contributed by atoms with Crippen molar-refractivity contribution in [3.05, 3.63) is 118 Å². The molecule has 0 unspecified atom stereocenters. The summed E-state index contributed by atoms with van der Waals surface area (Å²) >= 11 is 0. The Hall–Kier alpha value is -3.85. The van der Waals surface area contributed by atoms with Crippen molar-refractivity contribution < 1.29 is 14.3 Å². The Kier molecular flexibility index (Phi) is 13.1. The molecule has 3 nitrogen and oxygen atoms in total. The molecule has 44 heavy (non-hydrogen) atoms. The molecule has 4 rings (SSSR count). The van der Waals surface area contributed by atoms with Crippen molar-refractivity contribution in [3.8, 4) is 23.0 Å². The summed E-state index contributed by atoms with van der Waals surface area (Å²) in [5, 5.41) is 0. The molecule has 0 fully saturated rings. The molecule has 0 N–H and O–H groups in total. The number of rotatable bonds is 18. The zero-order valence-corrected chi connectivity index (χ0v) is 27.3. The van der Waals surface area contributed by atoms with E-state index in [0.29, 0.717) is 11.1 Å². The van der Waals surface area contributed by atoms with E-state index in [1.165, 1.54) is 73.6 Å². The molecule has 0 saturated heterocycles. The lowest BCUT2D eigenvalue weighted by Crippen LogP contribution is -2.01. The summed E-state index contributed by atoms with van der Waals surface area (Å²) in [4.78, 5) is 13.2. The first-order valence-electron chi connectivity index (χ1n) is 16.9. The monoisotopic (exact) mass is 590 g/mol. The first-order valence-corrected chi connectivity index (χ1v) is 16.9. The van der Waals surface area contributed by atoms with Crippen molar-refractivity contribution in [3.63, 3.8) is 0 Å². The lowest BCUT2D eigenvalue weighted by atomic mass is 9.97. The SMILES string of the molecule is CCCCc1ccc(Oc2ccc(C(=O)c3ccc(Oc4ccc(CCCC)c(CCCC)c4)cc3)cc2)cc1CCCC. The number of carbonyl (C=O) groups is 1. The second-order valence-electron chi connectivity index (χ2n) is 11.9. The summed E-state index contributed by atoms with van der Waals surface area (Å²) < 4.78 is 12.4. The van der Waals surface area contributed by atoms with Gasteiger partial charge in [-0.1, -0.05) is 65.5 Å². The molecule has 0 atom stereocenters. The average molecular weight is 591 g/mol. The molecule has 232 valence electrons. The number of aryl methyl sites for hydroxylation is 4. The fourth-order valence-corrected chi connectivity index (χ4v) is 5.54. The van der Waals surface area contributed by atoms with Gasteiger partial charge in [0.2, 0.25) is 0 Å². The van der Waals surface area contributed by atoms with E-state index in [4.69, 9.17) is 9.47 Å². The highest BCUT2D eigenvalue weighted by Crippen LogP contribution is 2.29. The topological polar surface area (TPSA) is 35.5 Å². The number of ketones is 1. The first-order chi connectivity index (χ1) is 21.5. The summed E-state index contributed by atoms with van der Waals surface area (Å²) in [5.41, 5.74) is 6.90. The molecule has 0 aromatic heterocycles. The van der Waals surface area contributed by atoms with Gasteiger partial charge in [-0.2, -0.15) is 0 Å². The molecule has 0 bridgehead atoms. The van der Waals surface area contributed by atoms with E-state index in [9.17, 15) is 4.79 Å². The third-order valence-electron chi connectivity index (χ3n) is 8.26. The summed E-state index contributed by atoms with van der Waals surface area (Å²) in [5.74, 6) is 3.13. The number of hydrogen-bond donors (Lipinski definition) is 0. The van der Waals surface area contributed by atoms with E-state index in [2.05, 4.69) is 64.1 Å². The molecule has 0 aliphatic carbocycles. The summed E-state index contributed by atoms with van der Waals surface area (Å²) in [6, 6.07) is 27.8. The fraction of sp³-hybridized carbons (Fsp3) is 0.390. The van der Waals surface area contributed by atoms with Crippen molar-refractivity contribution in [2.45, 2.75) is 105 Å². The molecule has 4 aromatic carbocycles. The predicted octanol–water partition coefficient (Wildman–Crippen LogP) is 11.9. The van der Waals surface area contributed by atoms with Gasteiger partial charge in [-0.25, -0.2) is 0 Å². The summed E-state index contributed by atoms with van der Waals surface area (Å²) in [6.45, 7) is 8.93. The molecular formula is C41H50O3. The van der Waals surface area contributed by atoms with Crippen LogP contribution in [0.3, 0.4) is 0 Å². The van der Waals surface area contributed by atoms with E-state index in [1.807, 2.05) is 48.5 Å². The number of carbonyl (C=O) groups excluding carboxylic acids is 1. The van der Waals surface area contributed by atoms with Gasteiger partial charge in [0.15, 0.2) is 5.78 Å². The van der Waals surface area contributed by atoms with Gasteiger partial charge in [-0.05, 0) is 146 Å². The second-order valence-corrected chi connectivity index (χ2v) is 11.9. The average Bonchev–Trinajstić information content (AvgIpc) is 3.06. The van der Waals surface area contributed by atoms with Crippen LogP contribution in [-0.4, -0.2) is 5.78 Å². The molecule has 0 radical (unpaired) electrons. The Balaban J connectivity index is 1.39. The van der Waals surface area contributed by atoms with Crippen molar-refractivity contribution >= 4 is 5.78 Å². The van der Waals surface area contributed by atoms with Gasteiger partial charge in [0, 0.05) is 11.1 Å². The van der Waals surface area contributed by atoms with E-state index < -0.39 is 0 Å². The number of unbranched alkanes of at least 4 members (excludes halogenated alkanes) is 4. The molecule has 3 heteroatoms. The Morgan fingerprint density at radius 1 is 0.432 bits per heavy atom. The van der Waals surface area contributed by atoms with E-state index in [-0.39, 0.29) is 5.78 Å². The molecule has 0 saturated carbocycles. The molecule has 0 aliphatic rings. The maximum absolute atomic E-state index is 13.2. The standard InChI is InChI=1S/C41H50O3/c1-5-9-13-31-17-27-39(29-35(31)15-11-7-3)43-37-23-19-33(20-24-37)41(42)34-21-25-38(26-22-34)44-40-28-18-32(14-10-6-2)36(30-40)16-12-8-4/h17-30H,5-16H2,1-4H3. The minimum absolute atomic E-state index is 0.0210. The number of ether oxygens (including phenoxy) is 2. The minimum Gasteiger partial charge on any atom is -0.457 e. The lowest BCUT2D eigenvalue weighted by Gasteiger charge is -2.13. The Bertz CT molecular complexity index is 1340. The van der Waals surface area contributed by atoms with Gasteiger partial charge >= 0.3 is 0 Å². The van der Waals surface area contributed by atoms with Crippen LogP contribution < -0.4 is 9.47 Å². The van der Waals surface area contributed by atoms with Crippen LogP contribution in [0.15, 0.2) is 84.9 Å². The fourth-order valence-electron chi connectivity index (χ4n) is 5.54. The Morgan fingerprint density at radius 2 is 0.750 bits per heavy atom. The van der Waals surface area contributed by atoms with E-state index in [1.54, 1.807) is 0 Å². The summed E-state index contributed by atoms with van der Waals surface area (Å²) in [7, 11) is 0. The van der Waals surface area contributed by atoms with Gasteiger partial charge in [0.05, 0.1) is 0 Å². The van der Waals surface area contributed by atoms with Crippen LogP contribution in [-0.2, 0) is 25.7 Å². The van der Waals surface area contributed by atoms with Crippen LogP contribution in [0.25, 0.3) is 0 Å². The van der Waals surface area contributed by atoms with Gasteiger partial charge < -0.3 is 9.47 Å². The lowest BCUT2D eigenvalue weighted by molar-refractivity contribution is 0.103. The van der Waals surface area contributed by atoms with Crippen LogP contribution in [0.5, 0.6) is 23.0 Å². The number of hydrogen-bond acceptors (Lipinski definition) is 3. The van der Waals surface area contributed by atoms with Crippen molar-refractivity contribution in [1.82, 2.24) is 0 Å². The van der Waals surface area contributed by atoms with Gasteiger partial charge in [-0.15, -0.1) is 0 Å². The van der Waals surface area contributed by atoms with Crippen LogP contribution in [0.2, 0.25) is 0 Å². The molecule has 0 spiro atoms. The molecule has 0 amide bonds. The smallest absolute Gasteiger partial charge is 0.193 e. The third-order valence-corrected chi connectivity index (χ3v) is 8.26. The minimum atomic E-state index is -0.0210. The van der Waals surface area contributed by atoms with Crippen molar-refractivity contribution in [2.24, 2.45) is 0 Å². The normalized spacial score (nSPS) is 11.0. The largest absolute Gasteiger partial charge is 0.457 e. The van der Waals surface area contributed by atoms with Crippen LogP contribution in [0.1, 0.15) is 117 Å². The van der Waals surface area contributed by atoms with Crippen molar-refractivity contribution in [2.75, 3.05) is 0 Å². The summed E-state index contributed by atoms with van der Waals surface area (Å²) in [6.07, 6.45) is 13.9. The highest BCUT2D eigenvalue weighted by molar-refractivity contribution is 6.09. The predicted molar refractivity (Wildman–Crippen MR) is 184 cm³/mol. The highest BCUT2D eigenvalue weighted by atomic mass is 16.5. The first kappa shape index (κ1) is 33.1. The number of benzene rings is 4. The maximum atomic E-state index is 13.2. The van der Waals surface area contributed by atoms with Crippen LogP contribution in [0, 0.1) is 0 Å². The van der Waals surface area contributed by atoms with Gasteiger partial charge in [0.25, 0.3) is 0 Å². The Labute approximate surface area is 265 Å². The van der Waals surface area contributed by atoms with Gasteiger partial charge in [-0.3, -0.25) is 4.79 Å². The maximum Gasteiger partial charge on any atom is 0.193 e. The van der Waals surface area contributed by atoms with Crippen LogP contribution >= 0.6 is 0 Å². The molecule has 4 aromatic rings. The quantitative estimate of drug-likeness (QED) is 0.108. The zero-order valence-electron chi connectivity index (χ0n) is 27.3. The molecule has 0 aliphatic heterocycles. The Morgan fingerprint density at radius 3 is 1.09 bits per heavy atom. The third kappa shape index (κ3) is 9.58. The molecular weight excluding hydrogens is 540 g/mol. The van der Waals surface area contributed by atoms with E-state index in [0.717, 1.165) is 48.7 Å². The van der Waals surface area contributed by atoms with Gasteiger partial charge in [0.1, 0.15) is 23.0 Å². The molecule has 0 heterocycles. The van der Waals surface area contributed by atoms with E-state index >= 15 is 0 Å². The second kappa shape index (κ2) is 17.4.